The molecule has 0 unspecified atom stereocenters. The van der Waals surface area contributed by atoms with Crippen LogP contribution in [0.3, 0.4) is 0 Å². The van der Waals surface area contributed by atoms with Crippen LogP contribution < -0.4 is 15.5 Å². The van der Waals surface area contributed by atoms with Gasteiger partial charge in [-0.1, -0.05) is 54.6 Å². The van der Waals surface area contributed by atoms with E-state index in [1.165, 1.54) is 18.2 Å². The number of carboxylic acids is 1. The highest BCUT2D eigenvalue weighted by Crippen LogP contribution is 2.26. The number of aliphatic hydroxyl groups is 1. The number of hydrogen-bond donors (Lipinski definition) is 4. The fraction of sp³-hybridized carbons (Fsp3) is 0.357. The van der Waals surface area contributed by atoms with Gasteiger partial charge in [-0.15, -0.1) is 5.10 Å². The molecule has 1 aromatic heterocycles. The molecule has 4 N–H and O–H groups in total. The lowest BCUT2D eigenvalue weighted by Crippen LogP contribution is -2.45. The molecular formula is C28H31ClFN5O9. The second-order valence-corrected chi connectivity index (χ2v) is 10.3. The third kappa shape index (κ3) is 9.64. The zero-order valence-corrected chi connectivity index (χ0v) is 24.7. The minimum absolute atomic E-state index is 0.117. The van der Waals surface area contributed by atoms with Gasteiger partial charge in [0.2, 0.25) is 0 Å². The predicted molar refractivity (Wildman–Crippen MR) is 152 cm³/mol. The van der Waals surface area contributed by atoms with Crippen molar-refractivity contribution in [3.63, 3.8) is 0 Å². The van der Waals surface area contributed by atoms with Crippen LogP contribution in [0.25, 0.3) is 11.1 Å². The molecule has 14 nitrogen and oxygen atoms in total. The fourth-order valence-corrected chi connectivity index (χ4v) is 4.15. The highest BCUT2D eigenvalue weighted by Gasteiger charge is 2.27. The first-order valence-corrected chi connectivity index (χ1v) is 13.6. The van der Waals surface area contributed by atoms with E-state index in [2.05, 4.69) is 25.7 Å². The van der Waals surface area contributed by atoms with Crippen molar-refractivity contribution in [1.82, 2.24) is 25.8 Å². The Hall–Kier alpha value is -4.76. The Morgan fingerprint density at radius 1 is 1.09 bits per heavy atom. The number of amides is 2. The molecule has 16 heteroatoms. The second kappa shape index (κ2) is 15.6. The summed E-state index contributed by atoms with van der Waals surface area (Å²) in [4.78, 5) is 53.9. The number of esters is 1. The van der Waals surface area contributed by atoms with Crippen molar-refractivity contribution in [2.24, 2.45) is 5.92 Å². The first-order valence-electron chi connectivity index (χ1n) is 13.2. The van der Waals surface area contributed by atoms with Crippen LogP contribution in [0.1, 0.15) is 36.3 Å². The van der Waals surface area contributed by atoms with Gasteiger partial charge in [-0.25, -0.2) is 18.8 Å². The summed E-state index contributed by atoms with van der Waals surface area (Å²) in [5.41, 5.74) is 1.30. The van der Waals surface area contributed by atoms with Crippen molar-refractivity contribution < 1.29 is 48.1 Å². The smallest absolute Gasteiger partial charge is 0.407 e. The van der Waals surface area contributed by atoms with E-state index in [1.54, 1.807) is 38.1 Å². The third-order valence-electron chi connectivity index (χ3n) is 6.27. The molecule has 2 amide bonds. The standard InChI is InChI=1S/C28H31ClFN5O9/c1-15(2)24(32-28(41)42-3)27(40)43-14-44-35-13-22(33-34-35)25(37)31-19(12-23(36)26(38)39)10-16-4-6-17(7-5-16)20-11-18(29)8-9-21(20)30/h4-9,11,13,15,19,23-24,36H,10,12,14H2,1-3H3,(H,31,37)(H,32,41)(H,38,39)/t19-,23-,24+/m1/s1. The van der Waals surface area contributed by atoms with Crippen molar-refractivity contribution in [2.75, 3.05) is 13.9 Å². The summed E-state index contributed by atoms with van der Waals surface area (Å²) < 4.78 is 23.8. The number of nitrogens with one attached hydrogen (secondary N) is 2. The molecule has 0 bridgehead atoms. The number of nitrogens with zero attached hydrogens (tertiary/aromatic N) is 3. The average molecular weight is 636 g/mol. The van der Waals surface area contributed by atoms with Crippen LogP contribution in [-0.2, 0) is 25.5 Å². The average Bonchev–Trinajstić information content (AvgIpc) is 3.46. The highest BCUT2D eigenvalue weighted by molar-refractivity contribution is 6.30. The lowest BCUT2D eigenvalue weighted by Gasteiger charge is -2.20. The molecule has 0 fully saturated rings. The number of aromatic nitrogens is 3. The zero-order valence-electron chi connectivity index (χ0n) is 23.9. The quantitative estimate of drug-likeness (QED) is 0.150. The summed E-state index contributed by atoms with van der Waals surface area (Å²) in [5.74, 6) is -3.79. The van der Waals surface area contributed by atoms with Crippen LogP contribution in [0.2, 0.25) is 5.02 Å². The summed E-state index contributed by atoms with van der Waals surface area (Å²) in [6, 6.07) is 8.98. The highest BCUT2D eigenvalue weighted by atomic mass is 35.5. The zero-order chi connectivity index (χ0) is 32.4. The fourth-order valence-electron chi connectivity index (χ4n) is 3.97. The van der Waals surface area contributed by atoms with Crippen LogP contribution >= 0.6 is 11.6 Å². The maximum absolute atomic E-state index is 14.3. The molecule has 1 heterocycles. The summed E-state index contributed by atoms with van der Waals surface area (Å²) in [6.07, 6.45) is -1.70. The van der Waals surface area contributed by atoms with E-state index >= 15 is 0 Å². The number of aliphatic hydroxyl groups excluding tert-OH is 1. The van der Waals surface area contributed by atoms with E-state index in [9.17, 15) is 33.8 Å². The topological polar surface area (TPSA) is 191 Å². The van der Waals surface area contributed by atoms with Gasteiger partial charge in [-0.05, 0) is 46.9 Å². The molecule has 2 aromatic carbocycles. The van der Waals surface area contributed by atoms with Crippen molar-refractivity contribution in [2.45, 2.75) is 44.9 Å². The number of carbonyl (C=O) groups excluding carboxylic acids is 3. The number of rotatable bonds is 14. The molecule has 0 saturated heterocycles. The molecule has 0 aliphatic carbocycles. The van der Waals surface area contributed by atoms with E-state index in [0.29, 0.717) is 21.7 Å². The maximum atomic E-state index is 14.3. The van der Waals surface area contributed by atoms with Crippen LogP contribution in [0, 0.1) is 11.7 Å². The lowest BCUT2D eigenvalue weighted by molar-refractivity contribution is -0.161. The molecule has 44 heavy (non-hydrogen) atoms. The Kier molecular flexibility index (Phi) is 12.0. The molecule has 3 atom stereocenters. The molecular weight excluding hydrogens is 605 g/mol. The van der Waals surface area contributed by atoms with Gasteiger partial charge in [0.05, 0.1) is 7.11 Å². The molecule has 0 radical (unpaired) electrons. The van der Waals surface area contributed by atoms with Crippen LogP contribution in [0.15, 0.2) is 48.7 Å². The van der Waals surface area contributed by atoms with Gasteiger partial charge in [-0.3, -0.25) is 4.79 Å². The van der Waals surface area contributed by atoms with Crippen molar-refractivity contribution in [3.05, 3.63) is 70.8 Å². The van der Waals surface area contributed by atoms with E-state index in [0.717, 1.165) is 18.2 Å². The summed E-state index contributed by atoms with van der Waals surface area (Å²) in [5, 5.41) is 31.8. The van der Waals surface area contributed by atoms with E-state index in [-0.39, 0.29) is 24.5 Å². The van der Waals surface area contributed by atoms with Gasteiger partial charge >= 0.3 is 18.0 Å². The second-order valence-electron chi connectivity index (χ2n) is 9.86. The van der Waals surface area contributed by atoms with Gasteiger partial charge in [0.25, 0.3) is 12.7 Å². The number of carbonyl (C=O) groups is 4. The number of alkyl carbamates (subject to hydrolysis) is 1. The van der Waals surface area contributed by atoms with Crippen LogP contribution in [0.4, 0.5) is 9.18 Å². The van der Waals surface area contributed by atoms with Gasteiger partial charge in [-0.2, -0.15) is 0 Å². The Morgan fingerprint density at radius 2 is 1.80 bits per heavy atom. The van der Waals surface area contributed by atoms with Gasteiger partial charge in [0, 0.05) is 23.0 Å². The Morgan fingerprint density at radius 3 is 2.43 bits per heavy atom. The number of benzene rings is 2. The van der Waals surface area contributed by atoms with Gasteiger partial charge < -0.3 is 35.2 Å². The Labute approximate surface area is 256 Å². The van der Waals surface area contributed by atoms with Crippen LogP contribution in [-0.4, -0.2) is 81.4 Å². The number of ether oxygens (including phenoxy) is 2. The Balaban J connectivity index is 1.63. The molecule has 3 rings (SSSR count). The summed E-state index contributed by atoms with van der Waals surface area (Å²) in [6.45, 7) is 2.74. The molecule has 0 aliphatic rings. The molecule has 0 saturated carbocycles. The number of aliphatic carboxylic acids is 1. The number of hydrogen-bond acceptors (Lipinski definition) is 10. The van der Waals surface area contributed by atoms with Crippen molar-refractivity contribution in [1.29, 1.82) is 0 Å². The van der Waals surface area contributed by atoms with Gasteiger partial charge in [0.15, 0.2) is 11.8 Å². The monoisotopic (exact) mass is 635 g/mol. The largest absolute Gasteiger partial charge is 0.479 e. The Bertz CT molecular complexity index is 1470. The maximum Gasteiger partial charge on any atom is 0.407 e. The van der Waals surface area contributed by atoms with E-state index in [4.69, 9.17) is 21.2 Å². The summed E-state index contributed by atoms with van der Waals surface area (Å²) in [7, 11) is 1.15. The minimum atomic E-state index is -1.77. The van der Waals surface area contributed by atoms with E-state index < -0.39 is 54.7 Å². The first-order chi connectivity index (χ1) is 20.9. The van der Waals surface area contributed by atoms with Crippen molar-refractivity contribution in [3.8, 4) is 11.1 Å². The van der Waals surface area contributed by atoms with E-state index in [1.807, 2.05) is 0 Å². The normalized spacial score (nSPS) is 13.0. The number of carboxylic acid groups (broad SMARTS) is 1. The summed E-state index contributed by atoms with van der Waals surface area (Å²) >= 11 is 5.99. The molecule has 236 valence electrons. The third-order valence-corrected chi connectivity index (χ3v) is 6.51. The minimum Gasteiger partial charge on any atom is -0.479 e. The molecule has 3 aromatic rings. The first kappa shape index (κ1) is 33.7. The SMILES string of the molecule is COC(=O)N[C@H](C(=O)OCOn1cc(C(=O)N[C@H](Cc2ccc(-c3cc(Cl)ccc3F)cc2)C[C@@H](O)C(=O)O)nn1)C(C)C. The lowest BCUT2D eigenvalue weighted by atomic mass is 9.97. The van der Waals surface area contributed by atoms with Gasteiger partial charge in [0.1, 0.15) is 18.1 Å². The molecule has 0 aliphatic heterocycles. The van der Waals surface area contributed by atoms with Crippen LogP contribution in [0.5, 0.6) is 0 Å². The number of halogens is 2. The number of methoxy groups -OCH3 is 1. The predicted octanol–water partition coefficient (Wildman–Crippen LogP) is 2.22. The molecule has 0 spiro atoms. The van der Waals surface area contributed by atoms with Crippen molar-refractivity contribution >= 4 is 35.5 Å².